The number of piperidine rings is 1. The molecule has 1 aliphatic heterocycles. The van der Waals surface area contributed by atoms with Crippen LogP contribution in [0.1, 0.15) is 18.4 Å². The second-order valence-electron chi connectivity index (χ2n) is 4.49. The summed E-state index contributed by atoms with van der Waals surface area (Å²) < 4.78 is 0. The standard InChI is InChI=1S/C13H19ClN2/c1-15-13-6-3-7-16(10-13)9-11-4-2-5-12(14)8-11/h2,4-5,8,13,15H,3,6-7,9-10H2,1H3/t13-/m0/s1. The number of hydrogen-bond donors (Lipinski definition) is 1. The first-order valence-corrected chi connectivity index (χ1v) is 6.30. The van der Waals surface area contributed by atoms with Gasteiger partial charge in [-0.2, -0.15) is 0 Å². The number of nitrogens with zero attached hydrogens (tertiary/aromatic N) is 1. The summed E-state index contributed by atoms with van der Waals surface area (Å²) in [5.74, 6) is 0. The van der Waals surface area contributed by atoms with Crippen molar-refractivity contribution < 1.29 is 0 Å². The first-order valence-electron chi connectivity index (χ1n) is 5.92. The minimum absolute atomic E-state index is 0.646. The Morgan fingerprint density at radius 3 is 3.12 bits per heavy atom. The molecule has 0 unspecified atom stereocenters. The highest BCUT2D eigenvalue weighted by Crippen LogP contribution is 2.16. The van der Waals surface area contributed by atoms with Crippen LogP contribution < -0.4 is 5.32 Å². The van der Waals surface area contributed by atoms with Crippen molar-refractivity contribution in [2.24, 2.45) is 0 Å². The lowest BCUT2D eigenvalue weighted by Crippen LogP contribution is -2.43. The van der Waals surface area contributed by atoms with Gasteiger partial charge in [0.1, 0.15) is 0 Å². The number of benzene rings is 1. The van der Waals surface area contributed by atoms with Crippen LogP contribution in [0, 0.1) is 0 Å². The van der Waals surface area contributed by atoms with Gasteiger partial charge in [0.2, 0.25) is 0 Å². The van der Waals surface area contributed by atoms with Crippen LogP contribution in [-0.4, -0.2) is 31.1 Å². The molecule has 1 fully saturated rings. The molecule has 1 aromatic rings. The van der Waals surface area contributed by atoms with E-state index >= 15 is 0 Å². The van der Waals surface area contributed by atoms with E-state index in [1.807, 2.05) is 19.2 Å². The molecule has 1 atom stereocenters. The molecule has 1 saturated heterocycles. The highest BCUT2D eigenvalue weighted by Gasteiger charge is 2.18. The zero-order valence-electron chi connectivity index (χ0n) is 9.75. The highest BCUT2D eigenvalue weighted by atomic mass is 35.5. The van der Waals surface area contributed by atoms with Crippen molar-refractivity contribution in [2.75, 3.05) is 20.1 Å². The molecule has 88 valence electrons. The number of nitrogens with one attached hydrogen (secondary N) is 1. The van der Waals surface area contributed by atoms with Gasteiger partial charge in [0.05, 0.1) is 0 Å². The van der Waals surface area contributed by atoms with Crippen molar-refractivity contribution in [3.63, 3.8) is 0 Å². The summed E-state index contributed by atoms with van der Waals surface area (Å²) >= 11 is 5.99. The normalized spacial score (nSPS) is 22.2. The molecule has 1 heterocycles. The minimum Gasteiger partial charge on any atom is -0.316 e. The molecular weight excluding hydrogens is 220 g/mol. The second-order valence-corrected chi connectivity index (χ2v) is 4.93. The fourth-order valence-corrected chi connectivity index (χ4v) is 2.54. The van der Waals surface area contributed by atoms with Gasteiger partial charge in [0.25, 0.3) is 0 Å². The summed E-state index contributed by atoms with van der Waals surface area (Å²) in [5, 5.41) is 4.20. The Hall–Kier alpha value is -0.570. The van der Waals surface area contributed by atoms with Crippen molar-refractivity contribution in [3.8, 4) is 0 Å². The molecule has 0 aliphatic carbocycles. The van der Waals surface area contributed by atoms with Gasteiger partial charge in [-0.3, -0.25) is 4.90 Å². The van der Waals surface area contributed by atoms with Gasteiger partial charge in [0, 0.05) is 24.2 Å². The molecule has 1 N–H and O–H groups in total. The third kappa shape index (κ3) is 3.21. The van der Waals surface area contributed by atoms with E-state index in [0.717, 1.165) is 18.1 Å². The molecule has 0 aromatic heterocycles. The van der Waals surface area contributed by atoms with Crippen molar-refractivity contribution in [3.05, 3.63) is 34.9 Å². The first kappa shape index (κ1) is 11.9. The van der Waals surface area contributed by atoms with Crippen LogP contribution >= 0.6 is 11.6 Å². The van der Waals surface area contributed by atoms with Crippen LogP contribution in [0.25, 0.3) is 0 Å². The van der Waals surface area contributed by atoms with Gasteiger partial charge in [-0.25, -0.2) is 0 Å². The summed E-state index contributed by atoms with van der Waals surface area (Å²) in [5.41, 5.74) is 1.31. The smallest absolute Gasteiger partial charge is 0.0409 e. The van der Waals surface area contributed by atoms with Gasteiger partial charge in [0.15, 0.2) is 0 Å². The maximum Gasteiger partial charge on any atom is 0.0409 e. The van der Waals surface area contributed by atoms with Crippen LogP contribution in [0.5, 0.6) is 0 Å². The van der Waals surface area contributed by atoms with Crippen molar-refractivity contribution in [2.45, 2.75) is 25.4 Å². The lowest BCUT2D eigenvalue weighted by atomic mass is 10.1. The lowest BCUT2D eigenvalue weighted by molar-refractivity contribution is 0.188. The average Bonchev–Trinajstić information content (AvgIpc) is 2.29. The maximum atomic E-state index is 5.99. The number of hydrogen-bond acceptors (Lipinski definition) is 2. The molecule has 3 heteroatoms. The monoisotopic (exact) mass is 238 g/mol. The Bertz CT molecular complexity index is 340. The van der Waals surface area contributed by atoms with Gasteiger partial charge >= 0.3 is 0 Å². The number of likely N-dealkylation sites (N-methyl/N-ethyl adjacent to an activating group) is 1. The van der Waals surface area contributed by atoms with Gasteiger partial charge in [-0.1, -0.05) is 23.7 Å². The van der Waals surface area contributed by atoms with Crippen LogP contribution in [0.2, 0.25) is 5.02 Å². The van der Waals surface area contributed by atoms with Crippen molar-refractivity contribution in [1.82, 2.24) is 10.2 Å². The third-order valence-corrected chi connectivity index (χ3v) is 3.44. The van der Waals surface area contributed by atoms with Gasteiger partial charge in [-0.15, -0.1) is 0 Å². The van der Waals surface area contributed by atoms with E-state index in [2.05, 4.69) is 22.3 Å². The van der Waals surface area contributed by atoms with Crippen LogP contribution in [0.15, 0.2) is 24.3 Å². The van der Waals surface area contributed by atoms with E-state index in [-0.39, 0.29) is 0 Å². The van der Waals surface area contributed by atoms with Gasteiger partial charge in [-0.05, 0) is 44.1 Å². The fraction of sp³-hybridized carbons (Fsp3) is 0.538. The zero-order valence-corrected chi connectivity index (χ0v) is 10.5. The quantitative estimate of drug-likeness (QED) is 0.871. The summed E-state index contributed by atoms with van der Waals surface area (Å²) in [6.07, 6.45) is 2.58. The molecule has 1 aliphatic rings. The lowest BCUT2D eigenvalue weighted by Gasteiger charge is -2.32. The minimum atomic E-state index is 0.646. The second kappa shape index (κ2) is 5.67. The van der Waals surface area contributed by atoms with E-state index in [4.69, 9.17) is 11.6 Å². The van der Waals surface area contributed by atoms with Crippen LogP contribution in [0.4, 0.5) is 0 Å². The number of rotatable bonds is 3. The summed E-state index contributed by atoms with van der Waals surface area (Å²) in [6.45, 7) is 3.35. The predicted octanol–water partition coefficient (Wildman–Crippen LogP) is 2.52. The molecule has 0 radical (unpaired) electrons. The van der Waals surface area contributed by atoms with Crippen LogP contribution in [-0.2, 0) is 6.54 Å². The Balaban J connectivity index is 1.94. The van der Waals surface area contributed by atoms with E-state index < -0.39 is 0 Å². The SMILES string of the molecule is CN[C@H]1CCCN(Cc2cccc(Cl)c2)C1. The Kier molecular flexibility index (Phi) is 4.22. The molecule has 0 bridgehead atoms. The molecule has 0 spiro atoms. The Morgan fingerprint density at radius 1 is 1.50 bits per heavy atom. The van der Waals surface area contributed by atoms with Crippen LogP contribution in [0.3, 0.4) is 0 Å². The summed E-state index contributed by atoms with van der Waals surface area (Å²) in [6, 6.07) is 8.81. The molecular formula is C13H19ClN2. The zero-order chi connectivity index (χ0) is 11.4. The number of halogens is 1. The highest BCUT2D eigenvalue weighted by molar-refractivity contribution is 6.30. The van der Waals surface area contributed by atoms with E-state index in [9.17, 15) is 0 Å². The molecule has 1 aromatic carbocycles. The molecule has 0 amide bonds. The molecule has 2 nitrogen and oxygen atoms in total. The molecule has 16 heavy (non-hydrogen) atoms. The van der Waals surface area contributed by atoms with Crippen molar-refractivity contribution >= 4 is 11.6 Å². The topological polar surface area (TPSA) is 15.3 Å². The largest absolute Gasteiger partial charge is 0.316 e. The molecule has 0 saturated carbocycles. The fourth-order valence-electron chi connectivity index (χ4n) is 2.33. The predicted molar refractivity (Wildman–Crippen MR) is 68.8 cm³/mol. The van der Waals surface area contributed by atoms with Gasteiger partial charge < -0.3 is 5.32 Å². The Labute approximate surface area is 103 Å². The summed E-state index contributed by atoms with van der Waals surface area (Å²) in [7, 11) is 2.05. The Morgan fingerprint density at radius 2 is 2.38 bits per heavy atom. The van der Waals surface area contributed by atoms with E-state index in [1.54, 1.807) is 0 Å². The van der Waals surface area contributed by atoms with Crippen molar-refractivity contribution in [1.29, 1.82) is 0 Å². The summed E-state index contributed by atoms with van der Waals surface area (Å²) in [4.78, 5) is 2.50. The van der Waals surface area contributed by atoms with E-state index in [0.29, 0.717) is 6.04 Å². The maximum absolute atomic E-state index is 5.99. The number of likely N-dealkylation sites (tertiary alicyclic amines) is 1. The van der Waals surface area contributed by atoms with E-state index in [1.165, 1.54) is 24.9 Å². The molecule has 2 rings (SSSR count). The third-order valence-electron chi connectivity index (χ3n) is 3.21. The average molecular weight is 239 g/mol. The first-order chi connectivity index (χ1) is 7.78.